The van der Waals surface area contributed by atoms with Crippen LogP contribution < -0.4 is 5.32 Å². The Bertz CT molecular complexity index is 637. The Morgan fingerprint density at radius 3 is 2.76 bits per heavy atom. The zero-order valence-electron chi connectivity index (χ0n) is 12.4. The first-order valence-corrected chi connectivity index (χ1v) is 7.87. The molecule has 3 atom stereocenters. The second kappa shape index (κ2) is 5.19. The summed E-state index contributed by atoms with van der Waals surface area (Å²) in [4.78, 5) is 0. The van der Waals surface area contributed by atoms with E-state index in [4.69, 9.17) is 4.74 Å². The fourth-order valence-corrected chi connectivity index (χ4v) is 3.84. The molecule has 0 amide bonds. The number of hydrogen-bond acceptors (Lipinski definition) is 2. The van der Waals surface area contributed by atoms with Crippen molar-refractivity contribution in [3.8, 4) is 0 Å². The highest BCUT2D eigenvalue weighted by Gasteiger charge is 2.39. The van der Waals surface area contributed by atoms with Gasteiger partial charge in [-0.05, 0) is 30.9 Å². The summed E-state index contributed by atoms with van der Waals surface area (Å²) in [7, 11) is 0. The van der Waals surface area contributed by atoms with Crippen LogP contribution in [0.2, 0.25) is 0 Å². The second-order valence-electron chi connectivity index (χ2n) is 6.17. The van der Waals surface area contributed by atoms with Crippen molar-refractivity contribution in [1.29, 1.82) is 0 Å². The third-order valence-electron chi connectivity index (χ3n) is 4.87. The van der Waals surface area contributed by atoms with E-state index < -0.39 is 0 Å². The third kappa shape index (κ3) is 2.14. The maximum Gasteiger partial charge on any atom is 0.0895 e. The third-order valence-corrected chi connectivity index (χ3v) is 4.87. The Labute approximate surface area is 126 Å². The number of anilines is 1. The second-order valence-corrected chi connectivity index (χ2v) is 6.17. The lowest BCUT2D eigenvalue weighted by atomic mass is 9.77. The van der Waals surface area contributed by atoms with E-state index in [2.05, 4.69) is 60.8 Å². The molecule has 2 aliphatic heterocycles. The van der Waals surface area contributed by atoms with Crippen LogP contribution in [0.1, 0.15) is 41.7 Å². The van der Waals surface area contributed by atoms with Crippen LogP contribution >= 0.6 is 0 Å². The van der Waals surface area contributed by atoms with Crippen molar-refractivity contribution >= 4 is 5.69 Å². The van der Waals surface area contributed by atoms with Crippen LogP contribution in [0.3, 0.4) is 0 Å². The summed E-state index contributed by atoms with van der Waals surface area (Å²) in [5, 5.41) is 3.80. The summed E-state index contributed by atoms with van der Waals surface area (Å²) in [6.07, 6.45) is 2.62. The molecule has 2 aromatic carbocycles. The van der Waals surface area contributed by atoms with Crippen molar-refractivity contribution in [2.45, 2.75) is 31.9 Å². The number of ether oxygens (including phenoxy) is 1. The Morgan fingerprint density at radius 1 is 1.05 bits per heavy atom. The van der Waals surface area contributed by atoms with E-state index in [1.165, 1.54) is 28.8 Å². The molecule has 0 bridgehead atoms. The lowest BCUT2D eigenvalue weighted by Gasteiger charge is -2.44. The van der Waals surface area contributed by atoms with E-state index in [1.807, 2.05) is 0 Å². The molecule has 4 rings (SSSR count). The van der Waals surface area contributed by atoms with Gasteiger partial charge in [0.05, 0.1) is 12.1 Å². The minimum atomic E-state index is 0.236. The number of nitrogens with one attached hydrogen (secondary N) is 1. The number of fused-ring (bicyclic) bond motifs is 3. The first-order valence-electron chi connectivity index (χ1n) is 7.87. The molecule has 2 nitrogen and oxygen atoms in total. The summed E-state index contributed by atoms with van der Waals surface area (Å²) >= 11 is 0. The summed E-state index contributed by atoms with van der Waals surface area (Å²) in [5.74, 6) is 0.524. The molecule has 2 heteroatoms. The van der Waals surface area contributed by atoms with Gasteiger partial charge in [-0.2, -0.15) is 0 Å². The highest BCUT2D eigenvalue weighted by atomic mass is 16.5. The molecule has 0 radical (unpaired) electrons. The van der Waals surface area contributed by atoms with Crippen LogP contribution in [0.4, 0.5) is 5.69 Å². The molecular weight excluding hydrogens is 258 g/mol. The molecule has 21 heavy (non-hydrogen) atoms. The standard InChI is InChI=1S/C19H21NO/c1-13-7-5-10-15-17(13)20-18(14-8-3-2-4-9-14)16-11-6-12-21-19(15)16/h2-5,7-10,16,18-20H,6,11-12H2,1H3/t16-,18+,19+/m0/s1. The fourth-order valence-electron chi connectivity index (χ4n) is 3.84. The Kier molecular flexibility index (Phi) is 3.19. The molecule has 1 fully saturated rings. The Balaban J connectivity index is 1.81. The highest BCUT2D eigenvalue weighted by molar-refractivity contribution is 5.61. The zero-order valence-corrected chi connectivity index (χ0v) is 12.4. The van der Waals surface area contributed by atoms with Crippen LogP contribution in [-0.4, -0.2) is 6.61 Å². The summed E-state index contributed by atoms with van der Waals surface area (Å²) in [6, 6.07) is 17.7. The number of rotatable bonds is 1. The van der Waals surface area contributed by atoms with Crippen LogP contribution in [0, 0.1) is 12.8 Å². The van der Waals surface area contributed by atoms with Crippen molar-refractivity contribution in [3.63, 3.8) is 0 Å². The molecule has 0 saturated carbocycles. The highest BCUT2D eigenvalue weighted by Crippen LogP contribution is 2.49. The van der Waals surface area contributed by atoms with Crippen molar-refractivity contribution in [1.82, 2.24) is 0 Å². The molecular formula is C19H21NO. The molecule has 2 aromatic rings. The van der Waals surface area contributed by atoms with Crippen LogP contribution in [-0.2, 0) is 4.74 Å². The van der Waals surface area contributed by atoms with Crippen LogP contribution in [0.5, 0.6) is 0 Å². The van der Waals surface area contributed by atoms with Gasteiger partial charge in [0.25, 0.3) is 0 Å². The van der Waals surface area contributed by atoms with Gasteiger partial charge in [0.2, 0.25) is 0 Å². The van der Waals surface area contributed by atoms with Crippen molar-refractivity contribution < 1.29 is 4.74 Å². The molecule has 2 aliphatic rings. The minimum absolute atomic E-state index is 0.236. The average molecular weight is 279 g/mol. The molecule has 0 unspecified atom stereocenters. The lowest BCUT2D eigenvalue weighted by Crippen LogP contribution is -2.36. The summed E-state index contributed by atoms with van der Waals surface area (Å²) in [6.45, 7) is 3.06. The topological polar surface area (TPSA) is 21.3 Å². The molecule has 1 N–H and O–H groups in total. The monoisotopic (exact) mass is 279 g/mol. The summed E-state index contributed by atoms with van der Waals surface area (Å²) in [5.41, 5.74) is 5.29. The van der Waals surface area contributed by atoms with Gasteiger partial charge in [-0.15, -0.1) is 0 Å². The molecule has 0 spiro atoms. The average Bonchev–Trinajstić information content (AvgIpc) is 2.55. The summed E-state index contributed by atoms with van der Waals surface area (Å²) < 4.78 is 6.18. The van der Waals surface area contributed by atoms with Crippen LogP contribution in [0.25, 0.3) is 0 Å². The Hall–Kier alpha value is -1.80. The van der Waals surface area contributed by atoms with E-state index in [9.17, 15) is 0 Å². The maximum atomic E-state index is 6.18. The normalized spacial score (nSPS) is 27.4. The van der Waals surface area contributed by atoms with Gasteiger partial charge in [0, 0.05) is 23.8 Å². The van der Waals surface area contributed by atoms with Gasteiger partial charge in [-0.25, -0.2) is 0 Å². The predicted octanol–water partition coefficient (Wildman–Crippen LogP) is 4.63. The van der Waals surface area contributed by atoms with E-state index in [0.717, 1.165) is 13.0 Å². The predicted molar refractivity (Wildman–Crippen MR) is 85.4 cm³/mol. The fraction of sp³-hybridized carbons (Fsp3) is 0.368. The molecule has 1 saturated heterocycles. The maximum absolute atomic E-state index is 6.18. The quantitative estimate of drug-likeness (QED) is 0.821. The largest absolute Gasteiger partial charge is 0.377 e. The first kappa shape index (κ1) is 12.9. The van der Waals surface area contributed by atoms with Crippen LogP contribution in [0.15, 0.2) is 48.5 Å². The Morgan fingerprint density at radius 2 is 1.90 bits per heavy atom. The zero-order chi connectivity index (χ0) is 14.2. The van der Waals surface area contributed by atoms with E-state index in [1.54, 1.807) is 0 Å². The number of para-hydroxylation sites is 1. The molecule has 108 valence electrons. The number of hydrogen-bond donors (Lipinski definition) is 1. The SMILES string of the molecule is Cc1cccc2c1N[C@H](c1ccccc1)[C@@H]1CCCO[C@H]21. The van der Waals surface area contributed by atoms with E-state index in [-0.39, 0.29) is 6.10 Å². The van der Waals surface area contributed by atoms with Gasteiger partial charge < -0.3 is 10.1 Å². The van der Waals surface area contributed by atoms with Crippen molar-refractivity contribution in [2.75, 3.05) is 11.9 Å². The van der Waals surface area contributed by atoms with Gasteiger partial charge in [0.1, 0.15) is 0 Å². The lowest BCUT2D eigenvalue weighted by molar-refractivity contribution is -0.0381. The van der Waals surface area contributed by atoms with E-state index >= 15 is 0 Å². The smallest absolute Gasteiger partial charge is 0.0895 e. The van der Waals surface area contributed by atoms with Gasteiger partial charge in [-0.1, -0.05) is 48.5 Å². The minimum Gasteiger partial charge on any atom is -0.377 e. The number of aryl methyl sites for hydroxylation is 1. The van der Waals surface area contributed by atoms with Crippen molar-refractivity contribution in [2.24, 2.45) is 5.92 Å². The van der Waals surface area contributed by atoms with Gasteiger partial charge in [-0.3, -0.25) is 0 Å². The number of benzene rings is 2. The molecule has 2 heterocycles. The molecule has 0 aliphatic carbocycles. The van der Waals surface area contributed by atoms with Gasteiger partial charge in [0.15, 0.2) is 0 Å². The van der Waals surface area contributed by atoms with Crippen molar-refractivity contribution in [3.05, 3.63) is 65.2 Å². The van der Waals surface area contributed by atoms with E-state index in [0.29, 0.717) is 12.0 Å². The first-order chi connectivity index (χ1) is 10.3. The van der Waals surface area contributed by atoms with Gasteiger partial charge >= 0.3 is 0 Å². The molecule has 0 aromatic heterocycles.